The number of carboxylic acid groups (broad SMARTS) is 1. The van der Waals surface area contributed by atoms with E-state index < -0.39 is 17.9 Å². The molecule has 139 heavy (non-hydrogen) atoms. The van der Waals surface area contributed by atoms with Crippen LogP contribution in [-0.2, 0) is 6.54 Å². The van der Waals surface area contributed by atoms with E-state index in [2.05, 4.69) is 72.3 Å². The lowest BCUT2D eigenvalue weighted by atomic mass is 10.0. The summed E-state index contributed by atoms with van der Waals surface area (Å²) in [5, 5.41) is 78.7. The first-order valence-electron chi connectivity index (χ1n) is 43.7. The van der Waals surface area contributed by atoms with E-state index in [1.165, 1.54) is 71.9 Å². The Morgan fingerprint density at radius 1 is 0.374 bits per heavy atom. The average Bonchev–Trinajstić information content (AvgIpc) is 1.66. The van der Waals surface area contributed by atoms with Crippen LogP contribution >= 0.6 is 0 Å². The van der Waals surface area contributed by atoms with Gasteiger partial charge in [-0.3, -0.25) is 44.7 Å². The van der Waals surface area contributed by atoms with Gasteiger partial charge in [-0.15, -0.1) is 0 Å². The summed E-state index contributed by atoms with van der Waals surface area (Å²) in [7, 11) is 7.38. The highest BCUT2D eigenvalue weighted by atomic mass is 19.1. The van der Waals surface area contributed by atoms with E-state index >= 15 is 0 Å². The van der Waals surface area contributed by atoms with E-state index in [0.717, 1.165) is 18.4 Å². The van der Waals surface area contributed by atoms with Gasteiger partial charge in [0.25, 0.3) is 23.6 Å². The molecular weight excluding hydrogens is 1790 g/mol. The maximum absolute atomic E-state index is 14.0. The number of hydrogen-bond acceptors (Lipinski definition) is 18. The van der Waals surface area contributed by atoms with Gasteiger partial charge in [-0.05, 0) is 188 Å². The van der Waals surface area contributed by atoms with E-state index in [1.807, 2.05) is 44.2 Å². The minimum atomic E-state index is -1.09. The molecule has 0 aliphatic heterocycles. The van der Waals surface area contributed by atoms with Crippen molar-refractivity contribution < 1.29 is 89.3 Å². The van der Waals surface area contributed by atoms with Crippen molar-refractivity contribution in [1.29, 1.82) is 0 Å². The fraction of sp³-hybridized carbons (Fsp3) is 0.151. The van der Waals surface area contributed by atoms with Crippen molar-refractivity contribution in [2.75, 3.05) is 48.8 Å². The zero-order chi connectivity index (χ0) is 98.2. The number of rotatable bonds is 29. The van der Waals surface area contributed by atoms with Crippen LogP contribution in [0.25, 0.3) is 115 Å². The number of hydrogen-bond donors (Lipinski definition) is 12. The Labute approximate surface area is 792 Å². The largest absolute Gasteiger partial charge is 0.495 e. The normalized spacial score (nSPS) is 12.3. The Hall–Kier alpha value is -17.3. The quantitative estimate of drug-likeness (QED) is 0.0194. The number of aromatic nitrogens is 10. The van der Waals surface area contributed by atoms with Gasteiger partial charge in [0.1, 0.15) is 69.2 Å². The number of benzene rings is 11. The minimum Gasteiger partial charge on any atom is -0.495 e. The van der Waals surface area contributed by atoms with Crippen LogP contribution in [-0.4, -0.2) is 157 Å². The summed E-state index contributed by atoms with van der Waals surface area (Å²) in [5.74, 6) is -1.42. The highest BCUT2D eigenvalue weighted by Crippen LogP contribution is 2.39. The third-order valence-corrected chi connectivity index (χ3v) is 22.3. The number of halogens is 5. The lowest BCUT2D eigenvalue weighted by Crippen LogP contribution is -2.41. The molecular formula is C106H95F5N14O14. The number of fused-ring (bicyclic) bond motifs is 5. The fourth-order valence-corrected chi connectivity index (χ4v) is 15.0. The molecule has 6 heterocycles. The van der Waals surface area contributed by atoms with Gasteiger partial charge in [-0.25, -0.2) is 26.7 Å². The molecule has 708 valence electrons. The van der Waals surface area contributed by atoms with Crippen LogP contribution in [0.15, 0.2) is 235 Å². The van der Waals surface area contributed by atoms with E-state index in [1.54, 1.807) is 225 Å². The molecule has 12 N–H and O–H groups in total. The number of aromatic amines is 5. The molecule has 28 nitrogen and oxygen atoms in total. The number of nitrogens with zero attached hydrogens (tertiary/aromatic N) is 5. The molecule has 1 saturated carbocycles. The topological polar surface area (TPSA) is 397 Å². The summed E-state index contributed by atoms with van der Waals surface area (Å²) in [4.78, 5) is 62.3. The molecule has 0 spiro atoms. The molecule has 0 bridgehead atoms. The first kappa shape index (κ1) is 97.7. The number of carbonyl (C=O) groups excluding carboxylic acids is 4. The van der Waals surface area contributed by atoms with Gasteiger partial charge >= 0.3 is 5.97 Å². The van der Waals surface area contributed by atoms with Gasteiger partial charge in [0.05, 0.1) is 179 Å². The lowest BCUT2D eigenvalue weighted by molar-refractivity contribution is 0.0692. The highest BCUT2D eigenvalue weighted by molar-refractivity contribution is 6.10. The van der Waals surface area contributed by atoms with Gasteiger partial charge in [0, 0.05) is 33.9 Å². The molecule has 0 saturated heterocycles. The predicted molar refractivity (Wildman–Crippen MR) is 524 cm³/mol. The van der Waals surface area contributed by atoms with Gasteiger partial charge in [0.15, 0.2) is 0 Å². The predicted octanol–water partition coefficient (Wildman–Crippen LogP) is 19.7. The van der Waals surface area contributed by atoms with E-state index in [0.29, 0.717) is 162 Å². The van der Waals surface area contributed by atoms with E-state index in [4.69, 9.17) is 28.1 Å². The van der Waals surface area contributed by atoms with Crippen molar-refractivity contribution in [2.24, 2.45) is 5.92 Å². The number of methoxy groups -OCH3 is 5. The zero-order valence-corrected chi connectivity index (χ0v) is 76.0. The Morgan fingerprint density at radius 2 is 0.676 bits per heavy atom. The van der Waals surface area contributed by atoms with Crippen LogP contribution in [0.4, 0.5) is 22.0 Å². The zero-order valence-electron chi connectivity index (χ0n) is 76.0. The van der Waals surface area contributed by atoms with Crippen molar-refractivity contribution in [2.45, 2.75) is 51.4 Å². The highest BCUT2D eigenvalue weighted by Gasteiger charge is 2.29. The van der Waals surface area contributed by atoms with Gasteiger partial charge < -0.3 is 64.7 Å². The first-order valence-corrected chi connectivity index (χ1v) is 43.7. The Kier molecular flexibility index (Phi) is 32.4. The summed E-state index contributed by atoms with van der Waals surface area (Å²) >= 11 is 0. The second-order valence-electron chi connectivity index (χ2n) is 31.6. The number of ether oxygens (including phenoxy) is 5. The summed E-state index contributed by atoms with van der Waals surface area (Å²) in [6.45, 7) is 3.70. The van der Waals surface area contributed by atoms with Crippen LogP contribution in [0, 0.1) is 35.0 Å². The van der Waals surface area contributed by atoms with Gasteiger partial charge in [-0.1, -0.05) is 135 Å². The summed E-state index contributed by atoms with van der Waals surface area (Å²) in [5.41, 5.74) is 10.6. The number of amides is 4. The van der Waals surface area contributed by atoms with Crippen molar-refractivity contribution in [3.8, 4) is 28.7 Å². The molecule has 1 fully saturated rings. The van der Waals surface area contributed by atoms with Crippen molar-refractivity contribution in [1.82, 2.24) is 72.3 Å². The van der Waals surface area contributed by atoms with Crippen LogP contribution in [0.1, 0.15) is 152 Å². The molecule has 17 aromatic rings. The molecule has 4 amide bonds. The standard InChI is InChI=1S/C25H22FN3O3.C22H18FN3O3.C22H24FN3O3.C20H18FN3O2.C17H13FN2O3/c1-32-24-18(25(31)27-22(15-30)17-8-3-2-4-9-17)12-14-21-23(24)20(28-29-21)13-11-16-7-5-6-10-19(16)26;1-28-21-16(22(27)24-13-15-6-4-12-29-15)9-11-19-20(21)18(25-26-19)10-8-14-5-2-3-7-17(14)23;1-13(2)19(12-27)24-22(28)15-9-11-18-20(21(15)29-3)17(25-26-18)10-8-14-6-4-5-7-16(14)23;1-26-19-14(20(25)22-13-7-8-13)9-11-17-18(19)16(23-24-17)10-6-12-4-2-3-5-15(12)21;1-23-16-11(17(21)22)7-9-14-15(16)13(19-20-14)8-6-10-4-2-3-5-12(10)18/h2-14,22,30H,15H2,1H3,(H,27,31)(H,28,29);2-12H,13H2,1H3,(H,24,27)(H,25,26);4-11,13,19,27H,12H2,1-3H3,(H,24,28)(H,25,26);2-6,9-11,13H,7-8H2,1H3,(H,22,25)(H,23,24);2-9H,1H3,(H,19,20)(H,21,22)/b13-11+;2*10-8+;10-6+;8-6+/t22-;;19-;;/m1.1../s1. The SMILES string of the molecule is COc1c(C(=O)NC2CC2)ccc2n[nH]c(/C=C/c3ccccc3F)c12.COc1c(C(=O)NCc2ccco2)ccc2n[nH]c(/C=C/c3ccccc3F)c12.COc1c(C(=O)N[C@H](CO)C(C)C)ccc2n[nH]c(/C=C/c3ccccc3F)c12.COc1c(C(=O)N[C@H](CO)c2ccccc2)ccc2n[nH]c(/C=C/c3ccccc3F)c12.COc1c(C(=O)O)ccc2n[nH]c(/C=C/c3ccccc3F)c12. The number of aliphatic hydroxyl groups is 2. The molecule has 1 aliphatic rings. The molecule has 0 radical (unpaired) electrons. The first-order chi connectivity index (χ1) is 67.5. The third-order valence-electron chi connectivity index (χ3n) is 22.3. The minimum absolute atomic E-state index is 0.0435. The van der Waals surface area contributed by atoms with Crippen LogP contribution in [0.5, 0.6) is 28.7 Å². The number of aromatic carboxylic acids is 1. The van der Waals surface area contributed by atoms with E-state index in [-0.39, 0.29) is 95.9 Å². The number of nitrogens with one attached hydrogen (secondary N) is 9. The third kappa shape index (κ3) is 23.4. The Morgan fingerprint density at radius 3 is 0.964 bits per heavy atom. The molecule has 33 heteroatoms. The summed E-state index contributed by atoms with van der Waals surface area (Å²) < 4.78 is 102. The average molecular weight is 1880 g/mol. The Balaban J connectivity index is 0.000000139. The molecule has 11 aromatic carbocycles. The molecule has 0 unspecified atom stereocenters. The number of carbonyl (C=O) groups is 5. The van der Waals surface area contributed by atoms with Crippen LogP contribution < -0.4 is 45.0 Å². The molecule has 6 aromatic heterocycles. The fourth-order valence-electron chi connectivity index (χ4n) is 15.0. The monoisotopic (exact) mass is 1880 g/mol. The summed E-state index contributed by atoms with van der Waals surface area (Å²) in [6, 6.07) is 60.9. The van der Waals surface area contributed by atoms with Crippen molar-refractivity contribution >= 4 is 145 Å². The second kappa shape index (κ2) is 46.1. The molecule has 1 aliphatic carbocycles. The number of aliphatic hydroxyl groups excluding tert-OH is 2. The van der Waals surface area contributed by atoms with E-state index in [9.17, 15) is 61.2 Å². The number of carboxylic acids is 1. The van der Waals surface area contributed by atoms with Crippen LogP contribution in [0.2, 0.25) is 0 Å². The maximum atomic E-state index is 14.0. The second-order valence-corrected chi connectivity index (χ2v) is 31.6. The number of furan rings is 1. The van der Waals surface area contributed by atoms with Gasteiger partial charge in [-0.2, -0.15) is 25.5 Å². The number of H-pyrrole nitrogens is 5. The maximum Gasteiger partial charge on any atom is 0.339 e. The lowest BCUT2D eigenvalue weighted by Gasteiger charge is -2.20. The summed E-state index contributed by atoms with van der Waals surface area (Å²) in [6.07, 6.45) is 20.2. The Bertz CT molecular complexity index is 7420. The van der Waals surface area contributed by atoms with Gasteiger partial charge in [0.2, 0.25) is 0 Å². The smallest absolute Gasteiger partial charge is 0.339 e. The van der Waals surface area contributed by atoms with Crippen LogP contribution in [0.3, 0.4) is 0 Å². The van der Waals surface area contributed by atoms with Crippen molar-refractivity contribution in [3.63, 3.8) is 0 Å². The molecule has 18 rings (SSSR count). The molecule has 2 atom stereocenters. The van der Waals surface area contributed by atoms with Crippen molar-refractivity contribution in [3.05, 3.63) is 355 Å².